The van der Waals surface area contributed by atoms with Gasteiger partial charge in [-0.25, -0.2) is 10.7 Å². The summed E-state index contributed by atoms with van der Waals surface area (Å²) in [7, 11) is 0. The van der Waals surface area contributed by atoms with Gasteiger partial charge in [0, 0.05) is 0 Å². The number of carbonyl (C=O) groups is 1. The molecule has 0 aromatic carbocycles. The largest absolute Gasteiger partial charge is 0.384 e. The van der Waals surface area contributed by atoms with Crippen molar-refractivity contribution in [2.45, 2.75) is 3.73 Å². The van der Waals surface area contributed by atoms with Gasteiger partial charge in [0.2, 0.25) is 0 Å². The van der Waals surface area contributed by atoms with Crippen molar-refractivity contribution >= 4 is 28.6 Å². The topological polar surface area (TPSA) is 114 Å². The highest BCUT2D eigenvalue weighted by Gasteiger charge is 2.33. The van der Waals surface area contributed by atoms with E-state index in [1.807, 2.05) is 0 Å². The monoisotopic (exact) mass is 247 g/mol. The second kappa shape index (κ2) is 3.27. The van der Waals surface area contributed by atoms with Crippen LogP contribution in [-0.4, -0.2) is 9.70 Å². The Morgan fingerprint density at radius 2 is 2.00 bits per heavy atom. The van der Waals surface area contributed by atoms with Gasteiger partial charge in [-0.1, -0.05) is 0 Å². The van der Waals surface area contributed by atoms with E-state index in [2.05, 4.69) is 21.5 Å². The van der Waals surface area contributed by atoms with Crippen molar-refractivity contribution in [3.63, 3.8) is 0 Å². The second-order valence-electron chi connectivity index (χ2n) is 1.17. The van der Waals surface area contributed by atoms with Crippen LogP contribution in [0.2, 0.25) is 0 Å². The fourth-order valence-electron chi connectivity index (χ4n) is 0.128. The molecule has 0 aliphatic heterocycles. The zero-order valence-electron chi connectivity index (χ0n) is 4.33. The molecule has 7 heteroatoms. The van der Waals surface area contributed by atoms with E-state index in [-0.39, 0.29) is 0 Å². The van der Waals surface area contributed by atoms with Crippen LogP contribution in [0.3, 0.4) is 0 Å². The summed E-state index contributed by atoms with van der Waals surface area (Å²) in [6.45, 7) is 0. The molecule has 0 aromatic rings. The van der Waals surface area contributed by atoms with E-state index < -0.39 is 9.70 Å². The van der Waals surface area contributed by atoms with Gasteiger partial charge in [-0.05, 0) is 22.6 Å². The molecule has 54 valence electrons. The molecule has 1 atom stereocenters. The zero-order valence-corrected chi connectivity index (χ0v) is 6.49. The van der Waals surface area contributed by atoms with E-state index in [0.717, 1.165) is 0 Å². The number of nitrogens with two attached hydrogens (primary N) is 3. The minimum absolute atomic E-state index is 0.939. The molecule has 0 aliphatic carbocycles. The molecule has 0 heterocycles. The summed E-state index contributed by atoms with van der Waals surface area (Å²) >= 11 is 1.44. The highest BCUT2D eigenvalue weighted by molar-refractivity contribution is 14.1. The van der Waals surface area contributed by atoms with Crippen LogP contribution in [0.25, 0.3) is 0 Å². The normalized spacial score (nSPS) is 16.4. The molecular formula is C2H6IN3O3. The van der Waals surface area contributed by atoms with E-state index in [1.165, 1.54) is 22.6 Å². The number of hydrogen-bond acceptors (Lipinski definition) is 6. The fraction of sp³-hybridized carbons (Fsp3) is 0.500. The van der Waals surface area contributed by atoms with Crippen LogP contribution in [0.5, 0.6) is 0 Å². The van der Waals surface area contributed by atoms with Crippen LogP contribution in [0.1, 0.15) is 0 Å². The molecule has 0 bridgehead atoms. The summed E-state index contributed by atoms with van der Waals surface area (Å²) in [5.41, 5.74) is 5.05. The van der Waals surface area contributed by atoms with Crippen LogP contribution < -0.4 is 17.5 Å². The first-order valence-corrected chi connectivity index (χ1v) is 2.89. The van der Waals surface area contributed by atoms with Crippen LogP contribution in [0, 0.1) is 0 Å². The van der Waals surface area contributed by atoms with Gasteiger partial charge >= 0.3 is 5.97 Å². The molecule has 6 N–H and O–H groups in total. The van der Waals surface area contributed by atoms with Crippen molar-refractivity contribution < 1.29 is 14.5 Å². The minimum atomic E-state index is -1.69. The van der Waals surface area contributed by atoms with Crippen molar-refractivity contribution in [1.29, 1.82) is 0 Å². The SMILES string of the molecule is NOC(=O)C(N)(I)ON. The maximum atomic E-state index is 10.4. The van der Waals surface area contributed by atoms with Crippen molar-refractivity contribution in [1.82, 2.24) is 0 Å². The van der Waals surface area contributed by atoms with E-state index in [4.69, 9.17) is 5.73 Å². The fourth-order valence-corrected chi connectivity index (χ4v) is 0.256. The smallest absolute Gasteiger partial charge is 0.369 e. The number of halogens is 1. The number of rotatable bonds is 2. The van der Waals surface area contributed by atoms with E-state index in [1.54, 1.807) is 0 Å². The molecular weight excluding hydrogens is 241 g/mol. The van der Waals surface area contributed by atoms with Crippen molar-refractivity contribution in [3.05, 3.63) is 0 Å². The van der Waals surface area contributed by atoms with Gasteiger partial charge in [-0.15, -0.1) is 0 Å². The third-order valence-corrected chi connectivity index (χ3v) is 1.25. The first kappa shape index (κ1) is 9.04. The Hall–Kier alpha value is 0.0400. The Balaban J connectivity index is 3.97. The summed E-state index contributed by atoms with van der Waals surface area (Å²) in [6.07, 6.45) is 0. The van der Waals surface area contributed by atoms with Crippen molar-refractivity contribution in [2.24, 2.45) is 17.5 Å². The molecule has 0 saturated carbocycles. The quantitative estimate of drug-likeness (QED) is 0.177. The molecule has 0 radical (unpaired) electrons. The van der Waals surface area contributed by atoms with Gasteiger partial charge in [-0.3, -0.25) is 10.6 Å². The molecule has 0 amide bonds. The molecule has 0 spiro atoms. The predicted molar refractivity (Wildman–Crippen MR) is 36.5 cm³/mol. The van der Waals surface area contributed by atoms with Crippen molar-refractivity contribution in [3.8, 4) is 0 Å². The number of alkyl halides is 1. The summed E-state index contributed by atoms with van der Waals surface area (Å²) in [5, 5.41) is 0. The standard InChI is InChI=1S/C2H6IN3O3/c3-2(4,9-6)1(7)8-5/h4-6H2. The van der Waals surface area contributed by atoms with E-state index in [9.17, 15) is 4.79 Å². The Morgan fingerprint density at radius 3 is 2.11 bits per heavy atom. The van der Waals surface area contributed by atoms with Gasteiger partial charge in [0.15, 0.2) is 0 Å². The first-order valence-electron chi connectivity index (χ1n) is 1.81. The third kappa shape index (κ3) is 2.41. The lowest BCUT2D eigenvalue weighted by atomic mass is 10.6. The Bertz CT molecular complexity index is 116. The number of hydrogen-bond donors (Lipinski definition) is 3. The Kier molecular flexibility index (Phi) is 3.28. The van der Waals surface area contributed by atoms with Crippen molar-refractivity contribution in [2.75, 3.05) is 0 Å². The molecule has 6 nitrogen and oxygen atoms in total. The second-order valence-corrected chi connectivity index (χ2v) is 2.77. The molecule has 0 fully saturated rings. The summed E-state index contributed by atoms with van der Waals surface area (Å²) in [4.78, 5) is 18.1. The zero-order chi connectivity index (χ0) is 7.49. The molecule has 0 aromatic heterocycles. The summed E-state index contributed by atoms with van der Waals surface area (Å²) in [5.74, 6) is 8.12. The van der Waals surface area contributed by atoms with Crippen LogP contribution in [0.4, 0.5) is 0 Å². The molecule has 1 unspecified atom stereocenters. The average molecular weight is 247 g/mol. The Morgan fingerprint density at radius 1 is 1.56 bits per heavy atom. The summed E-state index contributed by atoms with van der Waals surface area (Å²) in [6, 6.07) is 0. The first-order chi connectivity index (χ1) is 4.04. The lowest BCUT2D eigenvalue weighted by molar-refractivity contribution is -0.159. The average Bonchev–Trinajstić information content (AvgIpc) is 1.86. The van der Waals surface area contributed by atoms with E-state index >= 15 is 0 Å². The lowest BCUT2D eigenvalue weighted by Crippen LogP contribution is -2.48. The van der Waals surface area contributed by atoms with E-state index in [0.29, 0.717) is 0 Å². The molecule has 0 aliphatic rings. The van der Waals surface area contributed by atoms with Gasteiger partial charge in [-0.2, -0.15) is 5.90 Å². The predicted octanol–water partition coefficient (Wildman–Crippen LogP) is -1.66. The minimum Gasteiger partial charge on any atom is -0.369 e. The summed E-state index contributed by atoms with van der Waals surface area (Å²) < 4.78 is -1.69. The van der Waals surface area contributed by atoms with Crippen LogP contribution in [0.15, 0.2) is 0 Å². The van der Waals surface area contributed by atoms with Gasteiger partial charge < -0.3 is 4.84 Å². The third-order valence-electron chi connectivity index (χ3n) is 0.557. The van der Waals surface area contributed by atoms with Gasteiger partial charge in [0.25, 0.3) is 3.73 Å². The molecule has 0 saturated heterocycles. The highest BCUT2D eigenvalue weighted by atomic mass is 127. The number of carbonyl (C=O) groups excluding carboxylic acids is 1. The van der Waals surface area contributed by atoms with Gasteiger partial charge in [0.05, 0.1) is 0 Å². The molecule has 0 rings (SSSR count). The van der Waals surface area contributed by atoms with Crippen LogP contribution >= 0.6 is 22.6 Å². The highest BCUT2D eigenvalue weighted by Crippen LogP contribution is 2.10. The van der Waals surface area contributed by atoms with Crippen LogP contribution in [-0.2, 0) is 14.5 Å². The van der Waals surface area contributed by atoms with Gasteiger partial charge in [0.1, 0.15) is 0 Å². The maximum absolute atomic E-state index is 10.4. The Labute approximate surface area is 64.7 Å². The molecule has 9 heavy (non-hydrogen) atoms. The lowest BCUT2D eigenvalue weighted by Gasteiger charge is -2.14. The maximum Gasteiger partial charge on any atom is 0.384 e.